The third-order valence-corrected chi connectivity index (χ3v) is 3.63. The van der Waals surface area contributed by atoms with Crippen LogP contribution in [-0.4, -0.2) is 6.54 Å². The number of thiophene rings is 1. The van der Waals surface area contributed by atoms with Crippen molar-refractivity contribution in [2.45, 2.75) is 32.2 Å². The van der Waals surface area contributed by atoms with E-state index in [0.29, 0.717) is 6.54 Å². The molecule has 0 aliphatic rings. The molecule has 13 heavy (non-hydrogen) atoms. The Morgan fingerprint density at radius 2 is 2.00 bits per heavy atom. The van der Waals surface area contributed by atoms with Gasteiger partial charge in [-0.1, -0.05) is 20.8 Å². The first-order valence-electron chi connectivity index (χ1n) is 4.51. The normalized spacial score (nSPS) is 14.5. The topological polar surface area (TPSA) is 52.0 Å². The summed E-state index contributed by atoms with van der Waals surface area (Å²) >= 11 is 1.77. The smallest absolute Gasteiger partial charge is 0.0514 e. The number of hydrogen-bond donors (Lipinski definition) is 2. The lowest BCUT2D eigenvalue weighted by atomic mass is 9.95. The molecule has 4 N–H and O–H groups in total. The van der Waals surface area contributed by atoms with Crippen LogP contribution < -0.4 is 11.5 Å². The van der Waals surface area contributed by atoms with Crippen molar-refractivity contribution in [3.05, 3.63) is 21.9 Å². The standard InChI is InChI=1S/C10H18N2S/c1-10(2,3)9-5-4-8(13-9)7(12)6-11/h4-5,7H,6,11-12H2,1-3H3/t7-/m0/s1. The molecule has 2 nitrogen and oxygen atoms in total. The molecule has 1 rings (SSSR count). The monoisotopic (exact) mass is 198 g/mol. The highest BCUT2D eigenvalue weighted by Crippen LogP contribution is 2.31. The predicted octanol–water partition coefficient (Wildman–Crippen LogP) is 2.00. The SMILES string of the molecule is CC(C)(C)c1ccc([C@@H](N)CN)s1. The summed E-state index contributed by atoms with van der Waals surface area (Å²) in [5, 5.41) is 0. The van der Waals surface area contributed by atoms with E-state index in [1.54, 1.807) is 11.3 Å². The number of nitrogens with two attached hydrogens (primary N) is 2. The van der Waals surface area contributed by atoms with Gasteiger partial charge in [0.2, 0.25) is 0 Å². The van der Waals surface area contributed by atoms with Crippen molar-refractivity contribution in [3.8, 4) is 0 Å². The van der Waals surface area contributed by atoms with E-state index in [-0.39, 0.29) is 11.5 Å². The Morgan fingerprint density at radius 3 is 2.38 bits per heavy atom. The zero-order valence-corrected chi connectivity index (χ0v) is 9.32. The van der Waals surface area contributed by atoms with E-state index in [2.05, 4.69) is 32.9 Å². The number of hydrogen-bond acceptors (Lipinski definition) is 3. The molecule has 1 heterocycles. The van der Waals surface area contributed by atoms with Crippen LogP contribution in [0.5, 0.6) is 0 Å². The summed E-state index contributed by atoms with van der Waals surface area (Å²) in [6.07, 6.45) is 0. The van der Waals surface area contributed by atoms with Crippen LogP contribution in [0.15, 0.2) is 12.1 Å². The maximum atomic E-state index is 5.84. The Bertz CT molecular complexity index is 273. The maximum Gasteiger partial charge on any atom is 0.0514 e. The molecule has 0 aliphatic heterocycles. The minimum absolute atomic E-state index is 0.00102. The van der Waals surface area contributed by atoms with Crippen LogP contribution in [0.4, 0.5) is 0 Å². The van der Waals surface area contributed by atoms with Crippen molar-refractivity contribution in [3.63, 3.8) is 0 Å². The van der Waals surface area contributed by atoms with E-state index in [0.717, 1.165) is 0 Å². The van der Waals surface area contributed by atoms with Gasteiger partial charge in [-0.2, -0.15) is 0 Å². The van der Waals surface area contributed by atoms with Gasteiger partial charge in [-0.15, -0.1) is 11.3 Å². The van der Waals surface area contributed by atoms with Crippen LogP contribution in [0.2, 0.25) is 0 Å². The quantitative estimate of drug-likeness (QED) is 0.763. The second-order valence-corrected chi connectivity index (χ2v) is 5.41. The second kappa shape index (κ2) is 3.78. The average molecular weight is 198 g/mol. The van der Waals surface area contributed by atoms with Gasteiger partial charge in [0.1, 0.15) is 0 Å². The van der Waals surface area contributed by atoms with E-state index >= 15 is 0 Å². The minimum atomic E-state index is 0.00102. The second-order valence-electron chi connectivity index (χ2n) is 4.29. The van der Waals surface area contributed by atoms with Crippen LogP contribution in [0, 0.1) is 0 Å². The lowest BCUT2D eigenvalue weighted by Gasteiger charge is -2.15. The Hall–Kier alpha value is -0.380. The highest BCUT2D eigenvalue weighted by molar-refractivity contribution is 7.12. The summed E-state index contributed by atoms with van der Waals surface area (Å²) in [4.78, 5) is 2.55. The molecule has 0 aliphatic carbocycles. The predicted molar refractivity (Wildman–Crippen MR) is 59.0 cm³/mol. The fraction of sp³-hybridized carbons (Fsp3) is 0.600. The highest BCUT2D eigenvalue weighted by atomic mass is 32.1. The Labute approximate surface area is 83.9 Å². The molecule has 0 spiro atoms. The Morgan fingerprint density at radius 1 is 1.38 bits per heavy atom. The summed E-state index contributed by atoms with van der Waals surface area (Å²) in [5.74, 6) is 0. The molecule has 0 unspecified atom stereocenters. The molecule has 3 heteroatoms. The molecule has 1 atom stereocenters. The summed E-state index contributed by atoms with van der Waals surface area (Å²) < 4.78 is 0. The van der Waals surface area contributed by atoms with Crippen molar-refractivity contribution >= 4 is 11.3 Å². The third-order valence-electron chi connectivity index (χ3n) is 1.99. The van der Waals surface area contributed by atoms with Gasteiger partial charge in [-0.3, -0.25) is 0 Å². The lowest BCUT2D eigenvalue weighted by molar-refractivity contribution is 0.604. The van der Waals surface area contributed by atoms with Gasteiger partial charge in [0.05, 0.1) is 6.04 Å². The molecule has 0 saturated heterocycles. The summed E-state index contributed by atoms with van der Waals surface area (Å²) in [7, 11) is 0. The van der Waals surface area contributed by atoms with Gasteiger partial charge < -0.3 is 11.5 Å². The van der Waals surface area contributed by atoms with E-state index in [4.69, 9.17) is 11.5 Å². The zero-order valence-electron chi connectivity index (χ0n) is 8.50. The minimum Gasteiger partial charge on any atom is -0.329 e. The third kappa shape index (κ3) is 2.53. The van der Waals surface area contributed by atoms with Gasteiger partial charge in [-0.05, 0) is 17.5 Å². The van der Waals surface area contributed by atoms with Gasteiger partial charge in [0.25, 0.3) is 0 Å². The Balaban J connectivity index is 2.87. The van der Waals surface area contributed by atoms with Crippen LogP contribution in [0.1, 0.15) is 36.6 Å². The molecule has 0 amide bonds. The Kier molecular flexibility index (Phi) is 3.11. The van der Waals surface area contributed by atoms with Crippen LogP contribution >= 0.6 is 11.3 Å². The molecule has 1 aromatic heterocycles. The van der Waals surface area contributed by atoms with E-state index < -0.39 is 0 Å². The van der Waals surface area contributed by atoms with Crippen LogP contribution in [0.3, 0.4) is 0 Å². The maximum absolute atomic E-state index is 5.84. The van der Waals surface area contributed by atoms with Crippen molar-refractivity contribution in [2.24, 2.45) is 11.5 Å². The summed E-state index contributed by atoms with van der Waals surface area (Å²) in [6.45, 7) is 7.13. The van der Waals surface area contributed by atoms with Crippen molar-refractivity contribution in [1.82, 2.24) is 0 Å². The van der Waals surface area contributed by atoms with Gasteiger partial charge >= 0.3 is 0 Å². The average Bonchev–Trinajstić information content (AvgIpc) is 2.50. The first-order chi connectivity index (χ1) is 5.95. The molecule has 0 fully saturated rings. The molecule has 0 bridgehead atoms. The van der Waals surface area contributed by atoms with E-state index in [1.807, 2.05) is 0 Å². The van der Waals surface area contributed by atoms with Crippen molar-refractivity contribution in [2.75, 3.05) is 6.54 Å². The van der Waals surface area contributed by atoms with Gasteiger partial charge in [0.15, 0.2) is 0 Å². The van der Waals surface area contributed by atoms with Crippen molar-refractivity contribution < 1.29 is 0 Å². The van der Waals surface area contributed by atoms with Crippen LogP contribution in [-0.2, 0) is 5.41 Å². The molecular weight excluding hydrogens is 180 g/mol. The van der Waals surface area contributed by atoms with Crippen LogP contribution in [0.25, 0.3) is 0 Å². The fourth-order valence-corrected chi connectivity index (χ4v) is 2.15. The molecule has 74 valence electrons. The molecule has 0 saturated carbocycles. The molecule has 0 radical (unpaired) electrons. The first-order valence-corrected chi connectivity index (χ1v) is 5.32. The molecule has 0 aromatic carbocycles. The highest BCUT2D eigenvalue weighted by Gasteiger charge is 2.17. The zero-order chi connectivity index (χ0) is 10.1. The molecule has 1 aromatic rings. The largest absolute Gasteiger partial charge is 0.329 e. The van der Waals surface area contributed by atoms with E-state index in [9.17, 15) is 0 Å². The van der Waals surface area contributed by atoms with Gasteiger partial charge in [0, 0.05) is 16.3 Å². The van der Waals surface area contributed by atoms with Gasteiger partial charge in [-0.25, -0.2) is 0 Å². The summed E-state index contributed by atoms with van der Waals surface area (Å²) in [5.41, 5.74) is 11.6. The first kappa shape index (κ1) is 10.7. The fourth-order valence-electron chi connectivity index (χ4n) is 1.07. The van der Waals surface area contributed by atoms with E-state index in [1.165, 1.54) is 9.75 Å². The summed E-state index contributed by atoms with van der Waals surface area (Å²) in [6, 6.07) is 4.24. The molecular formula is C10H18N2S. The lowest BCUT2D eigenvalue weighted by Crippen LogP contribution is -2.19. The number of rotatable bonds is 2. The van der Waals surface area contributed by atoms with Crippen molar-refractivity contribution in [1.29, 1.82) is 0 Å².